The van der Waals surface area contributed by atoms with Crippen LogP contribution in [0.2, 0.25) is 0 Å². The van der Waals surface area contributed by atoms with Crippen LogP contribution in [0.3, 0.4) is 0 Å². The van der Waals surface area contributed by atoms with Crippen molar-refractivity contribution in [1.29, 1.82) is 0 Å². The molecule has 0 fully saturated rings. The monoisotopic (exact) mass is 461 g/mol. The van der Waals surface area contributed by atoms with Crippen molar-refractivity contribution in [2.24, 2.45) is 5.73 Å². The minimum absolute atomic E-state index is 0.107. The fourth-order valence-corrected chi connectivity index (χ4v) is 2.63. The molecule has 0 aromatic heterocycles. The molecule has 0 aliphatic rings. The van der Waals surface area contributed by atoms with E-state index in [0.717, 1.165) is 0 Å². The lowest BCUT2D eigenvalue weighted by Crippen LogP contribution is -2.47. The van der Waals surface area contributed by atoms with Gasteiger partial charge in [-0.05, 0) is 50.2 Å². The minimum atomic E-state index is -0.892. The molecule has 11 nitrogen and oxygen atoms in total. The maximum Gasteiger partial charge on any atom is 0.279 e. The Morgan fingerprint density at radius 3 is 2.03 bits per heavy atom. The largest absolute Gasteiger partial charge is 0.494 e. The molecular weight excluding hydrogens is 434 g/mol. The quantitative estimate of drug-likeness (QED) is 0.423. The van der Waals surface area contributed by atoms with Gasteiger partial charge in [0.15, 0.2) is 24.2 Å². The molecule has 3 amide bonds. The second kappa shape index (κ2) is 12.0. The van der Waals surface area contributed by atoms with E-state index in [-0.39, 0.29) is 22.8 Å². The highest BCUT2D eigenvalue weighted by Crippen LogP contribution is 2.38. The molecular formula is C22H27N3O8. The summed E-state index contributed by atoms with van der Waals surface area (Å²) in [7, 11) is 2.71. The molecule has 0 saturated carbocycles. The molecule has 2 aromatic carbocycles. The van der Waals surface area contributed by atoms with Crippen LogP contribution in [0.1, 0.15) is 24.2 Å². The number of carbonyl (C=O) groups is 3. The van der Waals surface area contributed by atoms with Crippen LogP contribution in [0.15, 0.2) is 36.4 Å². The van der Waals surface area contributed by atoms with Gasteiger partial charge in [-0.15, -0.1) is 0 Å². The SMILES string of the molecule is CCOc1ccc(OC(C)C(=O)NNC(=O)c2cc(OC)c(OCC(N)=O)c(OC)c2)cc1. The van der Waals surface area contributed by atoms with Gasteiger partial charge in [0.2, 0.25) is 5.75 Å². The van der Waals surface area contributed by atoms with Crippen molar-refractivity contribution in [2.45, 2.75) is 20.0 Å². The summed E-state index contributed by atoms with van der Waals surface area (Å²) in [5.74, 6) is -0.368. The number of amides is 3. The molecule has 4 N–H and O–H groups in total. The smallest absolute Gasteiger partial charge is 0.279 e. The number of rotatable bonds is 11. The molecule has 11 heteroatoms. The number of hydrazine groups is 1. The summed E-state index contributed by atoms with van der Waals surface area (Å²) in [4.78, 5) is 35.9. The Morgan fingerprint density at radius 2 is 1.52 bits per heavy atom. The predicted octanol–water partition coefficient (Wildman–Crippen LogP) is 1.20. The maximum atomic E-state index is 12.5. The van der Waals surface area contributed by atoms with Gasteiger partial charge in [-0.1, -0.05) is 0 Å². The summed E-state index contributed by atoms with van der Waals surface area (Å²) < 4.78 is 26.7. The summed E-state index contributed by atoms with van der Waals surface area (Å²) in [5, 5.41) is 0. The van der Waals surface area contributed by atoms with E-state index in [1.807, 2.05) is 6.92 Å². The molecule has 0 aliphatic heterocycles. The van der Waals surface area contributed by atoms with Crippen LogP contribution in [0, 0.1) is 0 Å². The van der Waals surface area contributed by atoms with Crippen LogP contribution < -0.4 is 40.3 Å². The molecule has 0 spiro atoms. The normalized spacial score (nSPS) is 11.0. The van der Waals surface area contributed by atoms with E-state index in [2.05, 4.69) is 10.9 Å². The number of hydrogen-bond acceptors (Lipinski definition) is 8. The Bertz CT molecular complexity index is 953. The molecule has 0 heterocycles. The zero-order chi connectivity index (χ0) is 24.4. The molecule has 1 unspecified atom stereocenters. The van der Waals surface area contributed by atoms with Crippen LogP contribution >= 0.6 is 0 Å². The number of nitrogens with two attached hydrogens (primary N) is 1. The first-order valence-electron chi connectivity index (χ1n) is 9.95. The topological polar surface area (TPSA) is 147 Å². The third-order valence-corrected chi connectivity index (χ3v) is 4.20. The highest BCUT2D eigenvalue weighted by atomic mass is 16.5. The molecule has 0 bridgehead atoms. The molecule has 1 atom stereocenters. The number of primary amides is 1. The molecule has 33 heavy (non-hydrogen) atoms. The Labute approximate surface area is 191 Å². The number of carbonyl (C=O) groups excluding carboxylic acids is 3. The van der Waals surface area contributed by atoms with Crippen LogP contribution in [0.25, 0.3) is 0 Å². The van der Waals surface area contributed by atoms with Crippen molar-refractivity contribution in [3.63, 3.8) is 0 Å². The summed E-state index contributed by atoms with van der Waals surface area (Å²) in [6, 6.07) is 9.52. The lowest BCUT2D eigenvalue weighted by Gasteiger charge is -2.17. The van der Waals surface area contributed by atoms with Gasteiger partial charge in [0, 0.05) is 5.56 Å². The first-order valence-corrected chi connectivity index (χ1v) is 9.95. The average Bonchev–Trinajstić information content (AvgIpc) is 2.81. The third-order valence-electron chi connectivity index (χ3n) is 4.20. The first-order chi connectivity index (χ1) is 15.8. The number of nitrogens with one attached hydrogen (secondary N) is 2. The summed E-state index contributed by atoms with van der Waals surface area (Å²) in [5.41, 5.74) is 9.80. The maximum absolute atomic E-state index is 12.5. The van der Waals surface area contributed by atoms with E-state index in [1.165, 1.54) is 33.3 Å². The van der Waals surface area contributed by atoms with E-state index in [1.54, 1.807) is 24.3 Å². The molecule has 0 radical (unpaired) electrons. The Kier molecular flexibility index (Phi) is 9.16. The van der Waals surface area contributed by atoms with Crippen molar-refractivity contribution < 1.29 is 38.1 Å². The van der Waals surface area contributed by atoms with Crippen molar-refractivity contribution in [3.8, 4) is 28.7 Å². The lowest BCUT2D eigenvalue weighted by molar-refractivity contribution is -0.128. The van der Waals surface area contributed by atoms with Crippen LogP contribution in [-0.4, -0.2) is 51.3 Å². The Hall–Kier alpha value is -4.15. The van der Waals surface area contributed by atoms with E-state index in [9.17, 15) is 14.4 Å². The fraction of sp³-hybridized carbons (Fsp3) is 0.318. The molecule has 0 saturated heterocycles. The average molecular weight is 461 g/mol. The van der Waals surface area contributed by atoms with E-state index in [0.29, 0.717) is 18.1 Å². The predicted molar refractivity (Wildman–Crippen MR) is 118 cm³/mol. The van der Waals surface area contributed by atoms with Gasteiger partial charge in [0.05, 0.1) is 20.8 Å². The number of methoxy groups -OCH3 is 2. The van der Waals surface area contributed by atoms with Gasteiger partial charge >= 0.3 is 0 Å². The zero-order valence-corrected chi connectivity index (χ0v) is 18.8. The lowest BCUT2D eigenvalue weighted by atomic mass is 10.1. The van der Waals surface area contributed by atoms with Gasteiger partial charge in [-0.3, -0.25) is 25.2 Å². The van der Waals surface area contributed by atoms with Crippen LogP contribution in [-0.2, 0) is 9.59 Å². The second-order valence-corrected chi connectivity index (χ2v) is 6.57. The van der Waals surface area contributed by atoms with Crippen molar-refractivity contribution in [2.75, 3.05) is 27.4 Å². The molecule has 0 aliphatic carbocycles. The van der Waals surface area contributed by atoms with Crippen LogP contribution in [0.4, 0.5) is 0 Å². The molecule has 178 valence electrons. The van der Waals surface area contributed by atoms with Gasteiger partial charge in [0.1, 0.15) is 11.5 Å². The Morgan fingerprint density at radius 1 is 0.939 bits per heavy atom. The van der Waals surface area contributed by atoms with Gasteiger partial charge in [-0.25, -0.2) is 0 Å². The van der Waals surface area contributed by atoms with Crippen LogP contribution in [0.5, 0.6) is 28.7 Å². The summed E-state index contributed by atoms with van der Waals surface area (Å²) >= 11 is 0. The van der Waals surface area contributed by atoms with Gasteiger partial charge < -0.3 is 29.4 Å². The Balaban J connectivity index is 2.00. The third kappa shape index (κ3) is 7.20. The van der Waals surface area contributed by atoms with E-state index >= 15 is 0 Å². The summed E-state index contributed by atoms with van der Waals surface area (Å²) in [6.07, 6.45) is -0.892. The van der Waals surface area contributed by atoms with Crippen molar-refractivity contribution in [3.05, 3.63) is 42.0 Å². The number of hydrogen-bond donors (Lipinski definition) is 3. The second-order valence-electron chi connectivity index (χ2n) is 6.57. The fourth-order valence-electron chi connectivity index (χ4n) is 2.63. The van der Waals surface area contributed by atoms with Crippen molar-refractivity contribution >= 4 is 17.7 Å². The van der Waals surface area contributed by atoms with Gasteiger partial charge in [0.25, 0.3) is 17.7 Å². The highest BCUT2D eigenvalue weighted by Gasteiger charge is 2.20. The first kappa shape index (κ1) is 25.1. The minimum Gasteiger partial charge on any atom is -0.494 e. The number of benzene rings is 2. The molecule has 2 aromatic rings. The number of ether oxygens (including phenoxy) is 5. The molecule has 2 rings (SSSR count). The standard InChI is InChI=1S/C22H27N3O8/c1-5-31-15-6-8-16(9-7-15)33-13(2)21(27)24-25-22(28)14-10-17(29-3)20(18(11-14)30-4)32-12-19(23)26/h6-11,13H,5,12H2,1-4H3,(H2,23,26)(H,24,27)(H,25,28). The van der Waals surface area contributed by atoms with Crippen molar-refractivity contribution in [1.82, 2.24) is 10.9 Å². The summed E-state index contributed by atoms with van der Waals surface area (Å²) in [6.45, 7) is 3.55. The highest BCUT2D eigenvalue weighted by molar-refractivity contribution is 5.97. The zero-order valence-electron chi connectivity index (χ0n) is 18.8. The van der Waals surface area contributed by atoms with E-state index < -0.39 is 30.4 Å². The van der Waals surface area contributed by atoms with Gasteiger partial charge in [-0.2, -0.15) is 0 Å². The van der Waals surface area contributed by atoms with E-state index in [4.69, 9.17) is 29.4 Å².